The molecule has 1 atom stereocenters. The van der Waals surface area contributed by atoms with E-state index in [1.165, 1.54) is 17.5 Å². The van der Waals surface area contributed by atoms with E-state index in [0.717, 1.165) is 19.5 Å². The first-order chi connectivity index (χ1) is 9.99. The minimum Gasteiger partial charge on any atom is -0.355 e. The smallest absolute Gasteiger partial charge is 0.220 e. The molecule has 1 heterocycles. The van der Waals surface area contributed by atoms with Crippen molar-refractivity contribution in [2.45, 2.75) is 45.4 Å². The fourth-order valence-electron chi connectivity index (χ4n) is 3.13. The van der Waals surface area contributed by atoms with Gasteiger partial charge >= 0.3 is 0 Å². The molecule has 0 aliphatic carbocycles. The Hall–Kier alpha value is -1.35. The summed E-state index contributed by atoms with van der Waals surface area (Å²) < 4.78 is 0. The molecule has 21 heavy (non-hydrogen) atoms. The van der Waals surface area contributed by atoms with Gasteiger partial charge in [-0.05, 0) is 49.9 Å². The molecule has 1 aliphatic heterocycles. The molecule has 1 aromatic carbocycles. The summed E-state index contributed by atoms with van der Waals surface area (Å²) in [5.41, 5.74) is 2.56. The van der Waals surface area contributed by atoms with Crippen LogP contribution < -0.4 is 10.6 Å². The Morgan fingerprint density at radius 2 is 2.14 bits per heavy atom. The summed E-state index contributed by atoms with van der Waals surface area (Å²) in [4.78, 5) is 12.0. The summed E-state index contributed by atoms with van der Waals surface area (Å²) in [6.07, 6.45) is 2.86. The van der Waals surface area contributed by atoms with E-state index in [1.54, 1.807) is 0 Å². The number of hydrogen-bond donors (Lipinski definition) is 2. The van der Waals surface area contributed by atoms with Crippen molar-refractivity contribution in [2.75, 3.05) is 19.6 Å². The average Bonchev–Trinajstić information content (AvgIpc) is 2.96. The Kier molecular flexibility index (Phi) is 5.40. The standard InChI is InChI=1S/C18H28N2O/c1-14-6-4-5-7-16(14)18(2,3)13-20-17(21)9-8-15-10-11-19-12-15/h4-7,15,19H,8-13H2,1-3H3,(H,20,21). The highest BCUT2D eigenvalue weighted by atomic mass is 16.1. The van der Waals surface area contributed by atoms with Crippen molar-refractivity contribution < 1.29 is 4.79 Å². The van der Waals surface area contributed by atoms with Crippen LogP contribution in [0.15, 0.2) is 24.3 Å². The zero-order valence-corrected chi connectivity index (χ0v) is 13.5. The van der Waals surface area contributed by atoms with Crippen LogP contribution in [-0.4, -0.2) is 25.5 Å². The molecule has 0 bridgehead atoms. The predicted octanol–water partition coefficient (Wildman–Crippen LogP) is 2.78. The van der Waals surface area contributed by atoms with Crippen LogP contribution >= 0.6 is 0 Å². The normalized spacial score (nSPS) is 18.7. The lowest BCUT2D eigenvalue weighted by Gasteiger charge is -2.27. The summed E-state index contributed by atoms with van der Waals surface area (Å²) in [5, 5.41) is 6.46. The van der Waals surface area contributed by atoms with Gasteiger partial charge in [-0.3, -0.25) is 4.79 Å². The van der Waals surface area contributed by atoms with Crippen LogP contribution in [0.25, 0.3) is 0 Å². The van der Waals surface area contributed by atoms with Gasteiger partial charge in [-0.25, -0.2) is 0 Å². The Morgan fingerprint density at radius 1 is 1.38 bits per heavy atom. The first-order valence-corrected chi connectivity index (χ1v) is 8.02. The Balaban J connectivity index is 1.80. The van der Waals surface area contributed by atoms with E-state index in [-0.39, 0.29) is 11.3 Å². The molecule has 1 aromatic rings. The summed E-state index contributed by atoms with van der Waals surface area (Å²) in [5.74, 6) is 0.865. The molecule has 1 aliphatic rings. The van der Waals surface area contributed by atoms with Gasteiger partial charge in [-0.2, -0.15) is 0 Å². The Bertz CT molecular complexity index is 476. The van der Waals surface area contributed by atoms with Crippen LogP contribution in [0.4, 0.5) is 0 Å². The molecular formula is C18H28N2O. The van der Waals surface area contributed by atoms with Crippen LogP contribution in [-0.2, 0) is 10.2 Å². The fraction of sp³-hybridized carbons (Fsp3) is 0.611. The molecular weight excluding hydrogens is 260 g/mol. The second-order valence-electron chi connectivity index (χ2n) is 6.87. The second-order valence-corrected chi connectivity index (χ2v) is 6.87. The number of carbonyl (C=O) groups is 1. The van der Waals surface area contributed by atoms with Crippen molar-refractivity contribution in [1.29, 1.82) is 0 Å². The highest BCUT2D eigenvalue weighted by Crippen LogP contribution is 2.25. The third-order valence-electron chi connectivity index (χ3n) is 4.54. The number of aryl methyl sites for hydroxylation is 1. The van der Waals surface area contributed by atoms with E-state index in [9.17, 15) is 4.79 Å². The molecule has 0 saturated carbocycles. The number of nitrogens with one attached hydrogen (secondary N) is 2. The van der Waals surface area contributed by atoms with Crippen LogP contribution in [0.1, 0.15) is 44.2 Å². The maximum Gasteiger partial charge on any atom is 0.220 e. The first kappa shape index (κ1) is 16.0. The lowest BCUT2D eigenvalue weighted by atomic mass is 9.82. The molecule has 2 rings (SSSR count). The van der Waals surface area contributed by atoms with Gasteiger partial charge in [0, 0.05) is 18.4 Å². The van der Waals surface area contributed by atoms with Gasteiger partial charge in [0.1, 0.15) is 0 Å². The number of benzene rings is 1. The lowest BCUT2D eigenvalue weighted by molar-refractivity contribution is -0.121. The molecule has 1 fully saturated rings. The monoisotopic (exact) mass is 288 g/mol. The molecule has 3 heteroatoms. The van der Waals surface area contributed by atoms with Crippen molar-refractivity contribution >= 4 is 5.91 Å². The molecule has 0 aromatic heterocycles. The van der Waals surface area contributed by atoms with Crippen LogP contribution in [0.3, 0.4) is 0 Å². The second kappa shape index (κ2) is 7.08. The third kappa shape index (κ3) is 4.57. The number of rotatable bonds is 6. The van der Waals surface area contributed by atoms with Gasteiger partial charge in [0.2, 0.25) is 5.91 Å². The van der Waals surface area contributed by atoms with Gasteiger partial charge in [-0.1, -0.05) is 38.1 Å². The van der Waals surface area contributed by atoms with E-state index in [0.29, 0.717) is 18.9 Å². The molecule has 2 N–H and O–H groups in total. The zero-order valence-electron chi connectivity index (χ0n) is 13.5. The maximum absolute atomic E-state index is 12.0. The van der Waals surface area contributed by atoms with Crippen molar-refractivity contribution in [3.63, 3.8) is 0 Å². The summed E-state index contributed by atoms with van der Waals surface area (Å²) in [6.45, 7) is 9.38. The number of amides is 1. The Labute approximate surface area is 128 Å². The number of carbonyl (C=O) groups excluding carboxylic acids is 1. The van der Waals surface area contributed by atoms with Crippen molar-refractivity contribution in [3.05, 3.63) is 35.4 Å². The average molecular weight is 288 g/mol. The minimum absolute atomic E-state index is 0.0318. The molecule has 0 radical (unpaired) electrons. The van der Waals surface area contributed by atoms with E-state index < -0.39 is 0 Å². The van der Waals surface area contributed by atoms with Crippen LogP contribution in [0.5, 0.6) is 0 Å². The molecule has 3 nitrogen and oxygen atoms in total. The molecule has 0 spiro atoms. The minimum atomic E-state index is -0.0318. The summed E-state index contributed by atoms with van der Waals surface area (Å²) >= 11 is 0. The molecule has 116 valence electrons. The van der Waals surface area contributed by atoms with Gasteiger partial charge in [0.25, 0.3) is 0 Å². The molecule has 1 unspecified atom stereocenters. The van der Waals surface area contributed by atoms with Gasteiger partial charge < -0.3 is 10.6 Å². The first-order valence-electron chi connectivity index (χ1n) is 8.02. The fourth-order valence-corrected chi connectivity index (χ4v) is 3.13. The highest BCUT2D eigenvalue weighted by Gasteiger charge is 2.23. The topological polar surface area (TPSA) is 41.1 Å². The molecule has 1 amide bonds. The summed E-state index contributed by atoms with van der Waals surface area (Å²) in [6, 6.07) is 8.42. The van der Waals surface area contributed by atoms with E-state index >= 15 is 0 Å². The highest BCUT2D eigenvalue weighted by molar-refractivity contribution is 5.76. The zero-order chi connectivity index (χ0) is 15.3. The van der Waals surface area contributed by atoms with Crippen LogP contribution in [0, 0.1) is 12.8 Å². The van der Waals surface area contributed by atoms with Gasteiger partial charge in [-0.15, -0.1) is 0 Å². The van der Waals surface area contributed by atoms with Crippen molar-refractivity contribution in [2.24, 2.45) is 5.92 Å². The lowest BCUT2D eigenvalue weighted by Crippen LogP contribution is -2.37. The quantitative estimate of drug-likeness (QED) is 0.845. The number of hydrogen-bond acceptors (Lipinski definition) is 2. The van der Waals surface area contributed by atoms with E-state index in [4.69, 9.17) is 0 Å². The van der Waals surface area contributed by atoms with Crippen molar-refractivity contribution in [1.82, 2.24) is 10.6 Å². The summed E-state index contributed by atoms with van der Waals surface area (Å²) in [7, 11) is 0. The SMILES string of the molecule is Cc1ccccc1C(C)(C)CNC(=O)CCC1CCNC1. The largest absolute Gasteiger partial charge is 0.355 e. The van der Waals surface area contributed by atoms with E-state index in [2.05, 4.69) is 55.7 Å². The Morgan fingerprint density at radius 3 is 2.81 bits per heavy atom. The van der Waals surface area contributed by atoms with Crippen molar-refractivity contribution in [3.8, 4) is 0 Å². The van der Waals surface area contributed by atoms with E-state index in [1.807, 2.05) is 0 Å². The van der Waals surface area contributed by atoms with Gasteiger partial charge in [0.15, 0.2) is 0 Å². The predicted molar refractivity (Wildman–Crippen MR) is 87.4 cm³/mol. The molecule has 1 saturated heterocycles. The van der Waals surface area contributed by atoms with Gasteiger partial charge in [0.05, 0.1) is 0 Å². The maximum atomic E-state index is 12.0. The third-order valence-corrected chi connectivity index (χ3v) is 4.54. The van der Waals surface area contributed by atoms with Crippen LogP contribution in [0.2, 0.25) is 0 Å².